The van der Waals surface area contributed by atoms with Crippen molar-refractivity contribution in [3.63, 3.8) is 0 Å². The Balaban J connectivity index is 2.47. The molecule has 0 radical (unpaired) electrons. The topological polar surface area (TPSA) is 66.4 Å². The monoisotopic (exact) mass is 305 g/mol. The summed E-state index contributed by atoms with van der Waals surface area (Å²) in [7, 11) is -3.72. The fraction of sp³-hybridized carbons (Fsp3) is 0.250. The number of sulfonamides is 1. The van der Waals surface area contributed by atoms with E-state index in [1.807, 2.05) is 39.0 Å². The number of phenolic OH excluding ortho intramolecular Hbond substituents is 1. The lowest BCUT2D eigenvalue weighted by Crippen LogP contribution is -2.15. The molecule has 2 aromatic rings. The molecule has 21 heavy (non-hydrogen) atoms. The van der Waals surface area contributed by atoms with Gasteiger partial charge in [0.2, 0.25) is 0 Å². The van der Waals surface area contributed by atoms with E-state index < -0.39 is 10.0 Å². The highest BCUT2D eigenvalue weighted by molar-refractivity contribution is 7.92. The zero-order valence-corrected chi connectivity index (χ0v) is 13.1. The fourth-order valence-corrected chi connectivity index (χ4v) is 3.35. The Hall–Kier alpha value is -2.01. The minimum atomic E-state index is -3.72. The minimum absolute atomic E-state index is 0.0421. The number of hydrogen-bond donors (Lipinski definition) is 2. The third-order valence-corrected chi connectivity index (χ3v) is 4.64. The number of aryl methyl sites for hydroxylation is 1. The molecule has 0 saturated carbocycles. The summed E-state index contributed by atoms with van der Waals surface area (Å²) in [5.41, 5.74) is 2.42. The van der Waals surface area contributed by atoms with Crippen molar-refractivity contribution in [1.29, 1.82) is 0 Å². The molecule has 0 aliphatic carbocycles. The molecule has 5 heteroatoms. The summed E-state index contributed by atoms with van der Waals surface area (Å²) in [5.74, 6) is 0.124. The van der Waals surface area contributed by atoms with Crippen LogP contribution in [-0.4, -0.2) is 13.5 Å². The lowest BCUT2D eigenvalue weighted by atomic mass is 9.99. The van der Waals surface area contributed by atoms with Crippen molar-refractivity contribution in [1.82, 2.24) is 0 Å². The third kappa shape index (κ3) is 3.36. The van der Waals surface area contributed by atoms with Crippen LogP contribution in [-0.2, 0) is 10.0 Å². The molecule has 0 fully saturated rings. The van der Waals surface area contributed by atoms with Gasteiger partial charge in [-0.15, -0.1) is 0 Å². The highest BCUT2D eigenvalue weighted by Crippen LogP contribution is 2.29. The Bertz CT molecular complexity index is 752. The van der Waals surface area contributed by atoms with Gasteiger partial charge in [0.1, 0.15) is 5.75 Å². The van der Waals surface area contributed by atoms with Crippen molar-refractivity contribution in [2.24, 2.45) is 0 Å². The van der Waals surface area contributed by atoms with Crippen LogP contribution in [0.15, 0.2) is 47.4 Å². The van der Waals surface area contributed by atoms with Crippen LogP contribution in [0, 0.1) is 6.92 Å². The number of aromatic hydroxyl groups is 1. The Kier molecular flexibility index (Phi) is 4.23. The van der Waals surface area contributed by atoms with Crippen LogP contribution >= 0.6 is 0 Å². The Labute approximate surface area is 125 Å². The van der Waals surface area contributed by atoms with Gasteiger partial charge in [0, 0.05) is 6.07 Å². The molecule has 0 aliphatic heterocycles. The molecule has 2 aromatic carbocycles. The summed E-state index contributed by atoms with van der Waals surface area (Å²) in [6.45, 7) is 5.90. The van der Waals surface area contributed by atoms with Gasteiger partial charge < -0.3 is 5.11 Å². The van der Waals surface area contributed by atoms with Gasteiger partial charge >= 0.3 is 0 Å². The summed E-state index contributed by atoms with van der Waals surface area (Å²) >= 11 is 0. The van der Waals surface area contributed by atoms with Gasteiger partial charge in [-0.05, 0) is 36.1 Å². The first kappa shape index (κ1) is 15.4. The number of para-hydroxylation sites is 1. The van der Waals surface area contributed by atoms with Gasteiger partial charge in [-0.25, -0.2) is 8.42 Å². The molecule has 0 heterocycles. The summed E-state index contributed by atoms with van der Waals surface area (Å²) < 4.78 is 27.6. The van der Waals surface area contributed by atoms with Gasteiger partial charge in [0.25, 0.3) is 10.0 Å². The molecule has 0 aromatic heterocycles. The van der Waals surface area contributed by atoms with Crippen LogP contribution in [0.25, 0.3) is 0 Å². The Morgan fingerprint density at radius 3 is 2.38 bits per heavy atom. The molecule has 0 saturated heterocycles. The molecule has 0 aliphatic rings. The summed E-state index contributed by atoms with van der Waals surface area (Å²) in [6.07, 6.45) is 0. The molecule has 0 amide bonds. The van der Waals surface area contributed by atoms with Gasteiger partial charge in [-0.2, -0.15) is 0 Å². The van der Waals surface area contributed by atoms with E-state index in [1.54, 1.807) is 0 Å². The number of phenols is 1. The second-order valence-electron chi connectivity index (χ2n) is 5.30. The minimum Gasteiger partial charge on any atom is -0.508 e. The second kappa shape index (κ2) is 5.77. The first-order chi connectivity index (χ1) is 9.81. The second-order valence-corrected chi connectivity index (χ2v) is 6.98. The molecule has 4 nitrogen and oxygen atoms in total. The molecule has 112 valence electrons. The van der Waals surface area contributed by atoms with Crippen LogP contribution in [0.4, 0.5) is 5.69 Å². The lowest BCUT2D eigenvalue weighted by Gasteiger charge is -2.17. The van der Waals surface area contributed by atoms with E-state index in [9.17, 15) is 13.5 Å². The standard InChI is InChI=1S/C16H19NO3S/c1-11(2)15-9-4-6-12(3)16(15)17-21(19,20)14-8-5-7-13(18)10-14/h4-11,17-18H,1-3H3. The number of anilines is 1. The van der Waals surface area contributed by atoms with Gasteiger partial charge in [-0.3, -0.25) is 4.72 Å². The van der Waals surface area contributed by atoms with Crippen LogP contribution in [0.2, 0.25) is 0 Å². The highest BCUT2D eigenvalue weighted by Gasteiger charge is 2.18. The first-order valence-corrected chi connectivity index (χ1v) is 8.21. The maximum Gasteiger partial charge on any atom is 0.262 e. The van der Waals surface area contributed by atoms with Crippen LogP contribution in [0.3, 0.4) is 0 Å². The fourth-order valence-electron chi connectivity index (χ4n) is 2.15. The van der Waals surface area contributed by atoms with Crippen molar-refractivity contribution < 1.29 is 13.5 Å². The summed E-state index contributed by atoms with van der Waals surface area (Å²) in [4.78, 5) is 0.0421. The van der Waals surface area contributed by atoms with Crippen molar-refractivity contribution in [3.05, 3.63) is 53.6 Å². The predicted octanol–water partition coefficient (Wildman–Crippen LogP) is 3.62. The number of hydrogen-bond acceptors (Lipinski definition) is 3. The van der Waals surface area contributed by atoms with Gasteiger partial charge in [0.05, 0.1) is 10.6 Å². The van der Waals surface area contributed by atoms with Crippen LogP contribution in [0.1, 0.15) is 30.9 Å². The van der Waals surface area contributed by atoms with Crippen molar-refractivity contribution in [3.8, 4) is 5.75 Å². The average molecular weight is 305 g/mol. The predicted molar refractivity (Wildman–Crippen MR) is 84.2 cm³/mol. The van der Waals surface area contributed by atoms with E-state index in [1.165, 1.54) is 24.3 Å². The summed E-state index contributed by atoms with van der Waals surface area (Å²) in [6, 6.07) is 11.3. The van der Waals surface area contributed by atoms with Crippen LogP contribution in [0.5, 0.6) is 5.75 Å². The highest BCUT2D eigenvalue weighted by atomic mass is 32.2. The SMILES string of the molecule is Cc1cccc(C(C)C)c1NS(=O)(=O)c1cccc(O)c1. The normalized spacial score (nSPS) is 11.6. The molecule has 2 rings (SSSR count). The van der Waals surface area contributed by atoms with E-state index >= 15 is 0 Å². The van der Waals surface area contributed by atoms with E-state index in [-0.39, 0.29) is 16.6 Å². The van der Waals surface area contributed by atoms with Crippen molar-refractivity contribution in [2.45, 2.75) is 31.6 Å². The Morgan fingerprint density at radius 1 is 1.10 bits per heavy atom. The zero-order valence-electron chi connectivity index (χ0n) is 12.3. The van der Waals surface area contributed by atoms with Gasteiger partial charge in [0.15, 0.2) is 0 Å². The largest absolute Gasteiger partial charge is 0.508 e. The molecular weight excluding hydrogens is 286 g/mol. The number of rotatable bonds is 4. The molecular formula is C16H19NO3S. The van der Waals surface area contributed by atoms with Crippen LogP contribution < -0.4 is 4.72 Å². The summed E-state index contributed by atoms with van der Waals surface area (Å²) in [5, 5.41) is 9.45. The number of benzene rings is 2. The lowest BCUT2D eigenvalue weighted by molar-refractivity contribution is 0.473. The van der Waals surface area contributed by atoms with E-state index in [0.717, 1.165) is 11.1 Å². The maximum absolute atomic E-state index is 12.5. The molecule has 0 unspecified atom stereocenters. The average Bonchev–Trinajstić information content (AvgIpc) is 2.40. The van der Waals surface area contributed by atoms with E-state index in [0.29, 0.717) is 5.69 Å². The van der Waals surface area contributed by atoms with E-state index in [2.05, 4.69) is 4.72 Å². The smallest absolute Gasteiger partial charge is 0.262 e. The Morgan fingerprint density at radius 2 is 1.76 bits per heavy atom. The van der Waals surface area contributed by atoms with Crippen molar-refractivity contribution in [2.75, 3.05) is 4.72 Å². The molecule has 2 N–H and O–H groups in total. The first-order valence-electron chi connectivity index (χ1n) is 6.72. The quantitative estimate of drug-likeness (QED) is 0.906. The van der Waals surface area contributed by atoms with Crippen molar-refractivity contribution >= 4 is 15.7 Å². The maximum atomic E-state index is 12.5. The molecule has 0 spiro atoms. The van der Waals surface area contributed by atoms with E-state index in [4.69, 9.17) is 0 Å². The molecule has 0 bridgehead atoms. The zero-order chi connectivity index (χ0) is 15.6. The molecule has 0 atom stereocenters. The van der Waals surface area contributed by atoms with Gasteiger partial charge in [-0.1, -0.05) is 38.1 Å². The number of nitrogens with one attached hydrogen (secondary N) is 1. The third-order valence-electron chi connectivity index (χ3n) is 3.29.